The molecule has 152 valence electrons. The third-order valence-electron chi connectivity index (χ3n) is 7.00. The van der Waals surface area contributed by atoms with E-state index in [2.05, 4.69) is 6.92 Å². The van der Waals surface area contributed by atoms with E-state index in [4.69, 9.17) is 9.15 Å². The van der Waals surface area contributed by atoms with Gasteiger partial charge in [-0.05, 0) is 43.0 Å². The summed E-state index contributed by atoms with van der Waals surface area (Å²) < 4.78 is 11.4. The Morgan fingerprint density at radius 1 is 1.10 bits per heavy atom. The predicted octanol–water partition coefficient (Wildman–Crippen LogP) is 4.33. The Labute approximate surface area is 169 Å². The molecular weight excluding hydrogens is 368 g/mol. The summed E-state index contributed by atoms with van der Waals surface area (Å²) >= 11 is 0. The maximum atomic E-state index is 12.9. The van der Waals surface area contributed by atoms with Crippen molar-refractivity contribution in [1.29, 1.82) is 0 Å². The SMILES string of the molecule is CC1=CC(=O)[C@H]2C(C)(C)C(=O)CC[C@@]2(C)[C@@H]1COc1ccc2ccc(=O)oc2c1. The Morgan fingerprint density at radius 2 is 1.83 bits per heavy atom. The lowest BCUT2D eigenvalue weighted by atomic mass is 9.48. The third kappa shape index (κ3) is 3.13. The number of Topliss-reactive ketones (excluding diaryl/α,β-unsaturated/α-hetero) is 1. The van der Waals surface area contributed by atoms with E-state index < -0.39 is 11.0 Å². The molecular formula is C24H26O5. The van der Waals surface area contributed by atoms with Crippen molar-refractivity contribution in [1.82, 2.24) is 0 Å². The number of ether oxygens (including phenoxy) is 1. The molecule has 0 radical (unpaired) electrons. The van der Waals surface area contributed by atoms with Crippen LogP contribution in [0, 0.1) is 22.7 Å². The van der Waals surface area contributed by atoms with Gasteiger partial charge in [-0.3, -0.25) is 9.59 Å². The number of fused-ring (bicyclic) bond motifs is 2. The first kappa shape index (κ1) is 19.6. The summed E-state index contributed by atoms with van der Waals surface area (Å²) in [6.07, 6.45) is 2.86. The fourth-order valence-corrected chi connectivity index (χ4v) is 5.45. The predicted molar refractivity (Wildman–Crippen MR) is 110 cm³/mol. The van der Waals surface area contributed by atoms with Crippen LogP contribution in [0.25, 0.3) is 11.0 Å². The molecule has 5 heteroatoms. The van der Waals surface area contributed by atoms with Gasteiger partial charge in [0.05, 0.1) is 6.61 Å². The number of rotatable bonds is 3. The third-order valence-corrected chi connectivity index (χ3v) is 7.00. The number of carbonyl (C=O) groups excluding carboxylic acids is 2. The lowest BCUT2D eigenvalue weighted by Crippen LogP contribution is -2.56. The zero-order valence-electron chi connectivity index (χ0n) is 17.3. The van der Waals surface area contributed by atoms with E-state index in [1.54, 1.807) is 18.2 Å². The summed E-state index contributed by atoms with van der Waals surface area (Å²) in [6, 6.07) is 8.54. The molecule has 0 bridgehead atoms. The van der Waals surface area contributed by atoms with Crippen molar-refractivity contribution in [3.63, 3.8) is 0 Å². The van der Waals surface area contributed by atoms with Gasteiger partial charge in [-0.2, -0.15) is 0 Å². The van der Waals surface area contributed by atoms with E-state index in [1.165, 1.54) is 6.07 Å². The van der Waals surface area contributed by atoms with Crippen LogP contribution in [-0.2, 0) is 9.59 Å². The van der Waals surface area contributed by atoms with Crippen molar-refractivity contribution in [3.8, 4) is 5.75 Å². The highest BCUT2D eigenvalue weighted by atomic mass is 16.5. The summed E-state index contributed by atoms with van der Waals surface area (Å²) in [5, 5.41) is 0.829. The minimum Gasteiger partial charge on any atom is -0.493 e. The average molecular weight is 394 g/mol. The number of benzene rings is 1. The molecule has 0 amide bonds. The first-order chi connectivity index (χ1) is 13.6. The molecule has 29 heavy (non-hydrogen) atoms. The standard InChI is InChI=1S/C24H26O5/c1-14-11-18(25)22-23(2,3)20(26)9-10-24(22,4)17(14)13-28-16-7-5-15-6-8-21(27)29-19(15)12-16/h5-8,11-12,17,22H,9-10,13H2,1-4H3/t17-,22+,24+/m1/s1. The van der Waals surface area contributed by atoms with Crippen molar-refractivity contribution in [2.45, 2.75) is 40.5 Å². The van der Waals surface area contributed by atoms with Crippen LogP contribution in [0.1, 0.15) is 40.5 Å². The highest BCUT2D eigenvalue weighted by molar-refractivity contribution is 6.00. The summed E-state index contributed by atoms with van der Waals surface area (Å²) in [5.74, 6) is 0.499. The second-order valence-corrected chi connectivity index (χ2v) is 9.19. The first-order valence-corrected chi connectivity index (χ1v) is 10.0. The van der Waals surface area contributed by atoms with Gasteiger partial charge in [0, 0.05) is 41.2 Å². The Hall–Kier alpha value is -2.69. The van der Waals surface area contributed by atoms with Gasteiger partial charge in [-0.25, -0.2) is 4.79 Å². The molecule has 1 aromatic heterocycles. The second kappa shape index (κ2) is 6.68. The Bertz CT molecular complexity index is 1090. The largest absolute Gasteiger partial charge is 0.493 e. The van der Waals surface area contributed by atoms with Crippen LogP contribution >= 0.6 is 0 Å². The normalized spacial score (nSPS) is 28.8. The average Bonchev–Trinajstić information content (AvgIpc) is 2.64. The number of ketones is 2. The van der Waals surface area contributed by atoms with Gasteiger partial charge >= 0.3 is 5.63 Å². The smallest absolute Gasteiger partial charge is 0.336 e. The quantitative estimate of drug-likeness (QED) is 0.725. The Balaban J connectivity index is 1.64. The lowest BCUT2D eigenvalue weighted by molar-refractivity contribution is -0.153. The van der Waals surface area contributed by atoms with Crippen molar-refractivity contribution in [2.24, 2.45) is 22.7 Å². The van der Waals surface area contributed by atoms with Crippen LogP contribution in [0.4, 0.5) is 0 Å². The zero-order chi connectivity index (χ0) is 21.0. The molecule has 1 fully saturated rings. The highest BCUT2D eigenvalue weighted by Gasteiger charge is 2.58. The van der Waals surface area contributed by atoms with Crippen molar-refractivity contribution in [3.05, 3.63) is 52.4 Å². The highest BCUT2D eigenvalue weighted by Crippen LogP contribution is 2.57. The van der Waals surface area contributed by atoms with E-state index in [0.717, 1.165) is 11.0 Å². The van der Waals surface area contributed by atoms with Gasteiger partial charge in [0.2, 0.25) is 0 Å². The molecule has 0 aliphatic heterocycles. The van der Waals surface area contributed by atoms with Crippen LogP contribution in [0.2, 0.25) is 0 Å². The number of allylic oxidation sites excluding steroid dienone is 1. The van der Waals surface area contributed by atoms with Crippen molar-refractivity contribution < 1.29 is 18.7 Å². The molecule has 1 heterocycles. The molecule has 1 aromatic carbocycles. The first-order valence-electron chi connectivity index (χ1n) is 10.0. The Morgan fingerprint density at radius 3 is 2.59 bits per heavy atom. The number of carbonyl (C=O) groups is 2. The fourth-order valence-electron chi connectivity index (χ4n) is 5.45. The monoisotopic (exact) mass is 394 g/mol. The van der Waals surface area contributed by atoms with Crippen molar-refractivity contribution >= 4 is 22.5 Å². The summed E-state index contributed by atoms with van der Waals surface area (Å²) in [5.41, 5.74) is 0.0623. The van der Waals surface area contributed by atoms with E-state index in [-0.39, 0.29) is 28.8 Å². The van der Waals surface area contributed by atoms with Gasteiger partial charge in [0.25, 0.3) is 0 Å². The molecule has 5 nitrogen and oxygen atoms in total. The number of hydrogen-bond acceptors (Lipinski definition) is 5. The van der Waals surface area contributed by atoms with E-state index in [9.17, 15) is 14.4 Å². The molecule has 0 N–H and O–H groups in total. The van der Waals surface area contributed by atoms with Gasteiger partial charge in [-0.1, -0.05) is 26.3 Å². The topological polar surface area (TPSA) is 73.6 Å². The van der Waals surface area contributed by atoms with Gasteiger partial charge in [0.15, 0.2) is 5.78 Å². The fraction of sp³-hybridized carbons (Fsp3) is 0.458. The molecule has 2 aromatic rings. The van der Waals surface area contributed by atoms with Crippen LogP contribution < -0.4 is 10.4 Å². The number of hydrogen-bond donors (Lipinski definition) is 0. The maximum absolute atomic E-state index is 12.9. The van der Waals surface area contributed by atoms with E-state index >= 15 is 0 Å². The summed E-state index contributed by atoms with van der Waals surface area (Å²) in [4.78, 5) is 36.9. The van der Waals surface area contributed by atoms with Crippen LogP contribution in [0.5, 0.6) is 5.75 Å². The van der Waals surface area contributed by atoms with Crippen molar-refractivity contribution in [2.75, 3.05) is 6.61 Å². The molecule has 0 spiro atoms. The Kier molecular flexibility index (Phi) is 4.52. The van der Waals surface area contributed by atoms with Gasteiger partial charge in [-0.15, -0.1) is 0 Å². The lowest BCUT2D eigenvalue weighted by Gasteiger charge is -2.54. The molecule has 0 saturated heterocycles. The molecule has 2 aliphatic carbocycles. The minimum absolute atomic E-state index is 0.0241. The maximum Gasteiger partial charge on any atom is 0.336 e. The second-order valence-electron chi connectivity index (χ2n) is 9.19. The molecule has 4 rings (SSSR count). The summed E-state index contributed by atoms with van der Waals surface area (Å²) in [7, 11) is 0. The molecule has 2 aliphatic rings. The van der Waals surface area contributed by atoms with Crippen LogP contribution in [-0.4, -0.2) is 18.2 Å². The van der Waals surface area contributed by atoms with E-state index in [1.807, 2.05) is 32.9 Å². The van der Waals surface area contributed by atoms with Gasteiger partial charge in [0.1, 0.15) is 17.1 Å². The molecule has 3 atom stereocenters. The van der Waals surface area contributed by atoms with Crippen LogP contribution in [0.3, 0.4) is 0 Å². The summed E-state index contributed by atoms with van der Waals surface area (Å²) in [6.45, 7) is 8.28. The zero-order valence-corrected chi connectivity index (χ0v) is 17.3. The molecule has 1 saturated carbocycles. The van der Waals surface area contributed by atoms with E-state index in [0.29, 0.717) is 30.8 Å². The minimum atomic E-state index is -0.675. The van der Waals surface area contributed by atoms with Gasteiger partial charge < -0.3 is 9.15 Å². The molecule has 0 unspecified atom stereocenters. The van der Waals surface area contributed by atoms with Crippen LogP contribution in [0.15, 0.2) is 51.2 Å².